The van der Waals surface area contributed by atoms with Gasteiger partial charge in [0.2, 0.25) is 0 Å². The average molecular weight is 586 g/mol. The maximum Gasteiger partial charge on any atom is 0.264 e. The smallest absolute Gasteiger partial charge is 0.264 e. The zero-order valence-electron chi connectivity index (χ0n) is 16.8. The summed E-state index contributed by atoms with van der Waals surface area (Å²) in [4.78, 5) is 13.1. The molecule has 170 valence electrons. The average Bonchev–Trinajstić information content (AvgIpc) is 3.22. The first-order valence-corrected chi connectivity index (χ1v) is 13.2. The van der Waals surface area contributed by atoms with E-state index < -0.39 is 22.0 Å². The van der Waals surface area contributed by atoms with Gasteiger partial charge >= 0.3 is 0 Å². The molecule has 33 heavy (non-hydrogen) atoms. The van der Waals surface area contributed by atoms with Gasteiger partial charge in [0.1, 0.15) is 15.9 Å². The van der Waals surface area contributed by atoms with Gasteiger partial charge in [-0.15, -0.1) is 0 Å². The quantitative estimate of drug-likeness (QED) is 0.287. The van der Waals surface area contributed by atoms with Crippen molar-refractivity contribution in [3.8, 4) is 0 Å². The number of hydrogen-bond acceptors (Lipinski definition) is 6. The first-order chi connectivity index (χ1) is 15.7. The van der Waals surface area contributed by atoms with Gasteiger partial charge in [0.05, 0.1) is 29.0 Å². The van der Waals surface area contributed by atoms with Crippen molar-refractivity contribution in [1.29, 1.82) is 0 Å². The molecular weight excluding hydrogens is 571 g/mol. The standard InChI is InChI=1S/C21H15BrCl2N4O3S2/c1-11(14-8-6-13(23)10-16(14)24)25-21(29)15-7-5-12(22)9-18(15)28-33(30,31)19-4-2-3-17-20(19)27-32-26-17/h2-11,28H,1H3,(H,25,29). The Kier molecular flexibility index (Phi) is 6.92. The third-order valence-corrected chi connectivity index (χ3v) is 7.78. The number of nitrogens with one attached hydrogen (secondary N) is 2. The summed E-state index contributed by atoms with van der Waals surface area (Å²) >= 11 is 16.5. The van der Waals surface area contributed by atoms with E-state index in [0.717, 1.165) is 11.7 Å². The Balaban J connectivity index is 1.65. The molecule has 4 aromatic rings. The molecule has 0 spiro atoms. The Labute approximate surface area is 212 Å². The molecule has 0 saturated heterocycles. The molecule has 2 N–H and O–H groups in total. The van der Waals surface area contributed by atoms with Crippen LogP contribution in [0.4, 0.5) is 5.69 Å². The SMILES string of the molecule is CC(NC(=O)c1ccc(Br)cc1NS(=O)(=O)c1cccc2nsnc12)c1ccc(Cl)cc1Cl. The molecule has 12 heteroatoms. The van der Waals surface area contributed by atoms with Crippen LogP contribution in [0, 0.1) is 0 Å². The number of benzene rings is 3. The molecule has 0 bridgehead atoms. The van der Waals surface area contributed by atoms with Crippen LogP contribution in [-0.4, -0.2) is 23.1 Å². The topological polar surface area (TPSA) is 101 Å². The summed E-state index contributed by atoms with van der Waals surface area (Å²) in [5, 5.41) is 3.74. The van der Waals surface area contributed by atoms with E-state index in [1.807, 2.05) is 0 Å². The molecule has 0 aliphatic carbocycles. The molecule has 0 aliphatic heterocycles. The summed E-state index contributed by atoms with van der Waals surface area (Å²) in [6.07, 6.45) is 0. The number of anilines is 1. The number of sulfonamides is 1. The van der Waals surface area contributed by atoms with E-state index in [4.69, 9.17) is 23.2 Å². The Morgan fingerprint density at radius 1 is 1.09 bits per heavy atom. The minimum atomic E-state index is -4.06. The van der Waals surface area contributed by atoms with Crippen LogP contribution in [-0.2, 0) is 10.0 Å². The van der Waals surface area contributed by atoms with Crippen LogP contribution in [0.3, 0.4) is 0 Å². The summed E-state index contributed by atoms with van der Waals surface area (Å²) in [5.74, 6) is -0.479. The molecule has 0 radical (unpaired) electrons. The number of aromatic nitrogens is 2. The van der Waals surface area contributed by atoms with Crippen molar-refractivity contribution >= 4 is 83.5 Å². The van der Waals surface area contributed by atoms with Crippen LogP contribution in [0.25, 0.3) is 11.0 Å². The van der Waals surface area contributed by atoms with Gasteiger partial charge in [-0.1, -0.05) is 51.3 Å². The van der Waals surface area contributed by atoms with Crippen molar-refractivity contribution < 1.29 is 13.2 Å². The molecule has 0 fully saturated rings. The molecule has 4 rings (SSSR count). The van der Waals surface area contributed by atoms with E-state index in [9.17, 15) is 13.2 Å². The second-order valence-electron chi connectivity index (χ2n) is 7.04. The molecule has 1 atom stereocenters. The van der Waals surface area contributed by atoms with Crippen molar-refractivity contribution in [3.05, 3.63) is 80.2 Å². The molecule has 3 aromatic carbocycles. The van der Waals surface area contributed by atoms with Crippen LogP contribution >= 0.6 is 50.9 Å². The third kappa shape index (κ3) is 5.15. The number of rotatable bonds is 6. The van der Waals surface area contributed by atoms with Crippen molar-refractivity contribution in [3.63, 3.8) is 0 Å². The van der Waals surface area contributed by atoms with E-state index in [0.29, 0.717) is 25.6 Å². The molecule has 1 unspecified atom stereocenters. The van der Waals surface area contributed by atoms with Crippen LogP contribution < -0.4 is 10.0 Å². The lowest BCUT2D eigenvalue weighted by Crippen LogP contribution is -2.28. The van der Waals surface area contributed by atoms with Crippen molar-refractivity contribution in [1.82, 2.24) is 14.1 Å². The summed E-state index contributed by atoms with van der Waals surface area (Å²) < 4.78 is 37.6. The fourth-order valence-electron chi connectivity index (χ4n) is 3.20. The van der Waals surface area contributed by atoms with Crippen molar-refractivity contribution in [2.75, 3.05) is 4.72 Å². The van der Waals surface area contributed by atoms with Gasteiger partial charge in [0.15, 0.2) is 0 Å². The summed E-state index contributed by atoms with van der Waals surface area (Å²) in [6.45, 7) is 1.77. The highest BCUT2D eigenvalue weighted by Crippen LogP contribution is 2.29. The molecule has 0 saturated carbocycles. The largest absolute Gasteiger partial charge is 0.345 e. The Hall–Kier alpha value is -2.24. The third-order valence-electron chi connectivity index (χ3n) is 4.79. The second kappa shape index (κ2) is 9.55. The lowest BCUT2D eigenvalue weighted by molar-refractivity contribution is 0.0941. The van der Waals surface area contributed by atoms with Crippen LogP contribution in [0.5, 0.6) is 0 Å². The van der Waals surface area contributed by atoms with Crippen LogP contribution in [0.2, 0.25) is 10.0 Å². The maximum absolute atomic E-state index is 13.2. The summed E-state index contributed by atoms with van der Waals surface area (Å²) in [5.41, 5.74) is 1.67. The van der Waals surface area contributed by atoms with E-state index in [-0.39, 0.29) is 21.7 Å². The van der Waals surface area contributed by atoms with Crippen LogP contribution in [0.15, 0.2) is 64.0 Å². The predicted molar refractivity (Wildman–Crippen MR) is 135 cm³/mol. The molecule has 1 aromatic heterocycles. The minimum absolute atomic E-state index is 0.0265. The molecular formula is C21H15BrCl2N4O3S2. The zero-order valence-corrected chi connectivity index (χ0v) is 21.6. The van der Waals surface area contributed by atoms with E-state index >= 15 is 0 Å². The van der Waals surface area contributed by atoms with Crippen LogP contribution in [0.1, 0.15) is 28.9 Å². The fourth-order valence-corrected chi connectivity index (χ4v) is 5.97. The number of hydrogen-bond donors (Lipinski definition) is 2. The lowest BCUT2D eigenvalue weighted by atomic mass is 10.1. The van der Waals surface area contributed by atoms with Gasteiger partial charge in [-0.05, 0) is 55.0 Å². The van der Waals surface area contributed by atoms with Gasteiger partial charge in [0, 0.05) is 14.5 Å². The van der Waals surface area contributed by atoms with E-state index in [1.54, 1.807) is 43.3 Å². The maximum atomic E-state index is 13.2. The Morgan fingerprint density at radius 3 is 2.64 bits per heavy atom. The Bertz CT molecular complexity index is 1480. The predicted octanol–water partition coefficient (Wildman–Crippen LogP) is 6.05. The van der Waals surface area contributed by atoms with Gasteiger partial charge in [0.25, 0.3) is 15.9 Å². The first kappa shape index (κ1) is 23.9. The number of halogens is 3. The summed E-state index contributed by atoms with van der Waals surface area (Å²) in [6, 6.07) is 13.9. The summed E-state index contributed by atoms with van der Waals surface area (Å²) in [7, 11) is -4.06. The number of nitrogens with zero attached hydrogens (tertiary/aromatic N) is 2. The van der Waals surface area contributed by atoms with Gasteiger partial charge < -0.3 is 5.32 Å². The normalized spacial score (nSPS) is 12.5. The lowest BCUT2D eigenvalue weighted by Gasteiger charge is -2.18. The van der Waals surface area contributed by atoms with Crippen molar-refractivity contribution in [2.45, 2.75) is 17.9 Å². The molecule has 1 heterocycles. The fraction of sp³-hybridized carbons (Fsp3) is 0.0952. The monoisotopic (exact) mass is 584 g/mol. The van der Waals surface area contributed by atoms with E-state index in [2.05, 4.69) is 34.7 Å². The van der Waals surface area contributed by atoms with Gasteiger partial charge in [-0.2, -0.15) is 8.75 Å². The number of fused-ring (bicyclic) bond motifs is 1. The number of carbonyl (C=O) groups excluding carboxylic acids is 1. The number of amides is 1. The molecule has 1 amide bonds. The second-order valence-corrected chi connectivity index (χ2v) is 11.0. The highest BCUT2D eigenvalue weighted by Gasteiger charge is 2.23. The zero-order chi connectivity index (χ0) is 23.8. The van der Waals surface area contributed by atoms with Gasteiger partial charge in [-0.3, -0.25) is 9.52 Å². The highest BCUT2D eigenvalue weighted by molar-refractivity contribution is 9.10. The van der Waals surface area contributed by atoms with Crippen molar-refractivity contribution in [2.24, 2.45) is 0 Å². The number of carbonyl (C=O) groups is 1. The minimum Gasteiger partial charge on any atom is -0.345 e. The van der Waals surface area contributed by atoms with E-state index in [1.165, 1.54) is 18.2 Å². The molecule has 0 aliphatic rings. The first-order valence-electron chi connectivity index (χ1n) is 9.45. The van der Waals surface area contributed by atoms with Gasteiger partial charge in [-0.25, -0.2) is 8.42 Å². The molecule has 7 nitrogen and oxygen atoms in total. The Morgan fingerprint density at radius 2 is 1.88 bits per heavy atom. The highest BCUT2D eigenvalue weighted by atomic mass is 79.9.